The first-order chi connectivity index (χ1) is 14.9. The highest BCUT2D eigenvalue weighted by Crippen LogP contribution is 2.27. The van der Waals surface area contributed by atoms with Crippen molar-refractivity contribution in [3.8, 4) is 5.75 Å². The molecule has 3 aromatic rings. The lowest BCUT2D eigenvalue weighted by Crippen LogP contribution is -2.44. The zero-order chi connectivity index (χ0) is 22.4. The molecule has 7 heteroatoms. The van der Waals surface area contributed by atoms with Gasteiger partial charge in [0.25, 0.3) is 5.91 Å². The lowest BCUT2D eigenvalue weighted by molar-refractivity contribution is -0.145. The molecule has 0 spiro atoms. The van der Waals surface area contributed by atoms with Gasteiger partial charge in [-0.2, -0.15) is 0 Å². The lowest BCUT2D eigenvalue weighted by Gasteiger charge is -2.17. The van der Waals surface area contributed by atoms with Gasteiger partial charge in [-0.15, -0.1) is 0 Å². The number of carbonyl (C=O) groups excluding carboxylic acids is 2. The summed E-state index contributed by atoms with van der Waals surface area (Å²) in [7, 11) is 1.28. The molecule has 162 valence electrons. The Bertz CT molecular complexity index is 1140. The summed E-state index contributed by atoms with van der Waals surface area (Å²) in [6, 6.07) is 13.5. The highest BCUT2D eigenvalue weighted by Gasteiger charge is 2.22. The molecule has 1 amide bonds. The molecule has 1 heterocycles. The number of hydrogen-bond donors (Lipinski definition) is 1. The average molecular weight is 423 g/mol. The molecular formula is C24H25NO6. The van der Waals surface area contributed by atoms with Gasteiger partial charge < -0.3 is 19.2 Å². The topological polar surface area (TPSA) is 94.8 Å². The maximum absolute atomic E-state index is 12.5. The molecule has 7 nitrogen and oxygen atoms in total. The number of carbonyl (C=O) groups is 2. The van der Waals surface area contributed by atoms with E-state index in [9.17, 15) is 14.4 Å². The van der Waals surface area contributed by atoms with E-state index in [1.165, 1.54) is 13.2 Å². The summed E-state index contributed by atoms with van der Waals surface area (Å²) in [5.74, 6) is -0.537. The van der Waals surface area contributed by atoms with Crippen LogP contribution in [0.25, 0.3) is 11.0 Å². The molecule has 0 bridgehead atoms. The Labute approximate surface area is 180 Å². The number of nitrogens with one attached hydrogen (secondary N) is 1. The van der Waals surface area contributed by atoms with Crippen LogP contribution in [-0.2, 0) is 27.2 Å². The van der Waals surface area contributed by atoms with Crippen LogP contribution in [0.4, 0.5) is 0 Å². The average Bonchev–Trinajstić information content (AvgIpc) is 2.76. The first-order valence-corrected chi connectivity index (χ1v) is 10.0. The molecule has 0 aliphatic carbocycles. The summed E-state index contributed by atoms with van der Waals surface area (Å²) >= 11 is 0. The van der Waals surface area contributed by atoms with Crippen molar-refractivity contribution in [3.05, 3.63) is 75.6 Å². The van der Waals surface area contributed by atoms with Crippen molar-refractivity contribution in [2.24, 2.45) is 0 Å². The molecule has 31 heavy (non-hydrogen) atoms. The van der Waals surface area contributed by atoms with E-state index in [0.29, 0.717) is 24.2 Å². The Hall–Kier alpha value is -3.61. The van der Waals surface area contributed by atoms with Crippen LogP contribution < -0.4 is 15.7 Å². The molecule has 0 saturated heterocycles. The van der Waals surface area contributed by atoms with Gasteiger partial charge in [0.15, 0.2) is 6.61 Å². The van der Waals surface area contributed by atoms with Gasteiger partial charge in [-0.1, -0.05) is 37.3 Å². The van der Waals surface area contributed by atoms with Crippen LogP contribution in [0.3, 0.4) is 0 Å². The number of rotatable bonds is 8. The normalized spacial score (nSPS) is 11.7. The van der Waals surface area contributed by atoms with Gasteiger partial charge in [0.2, 0.25) is 0 Å². The van der Waals surface area contributed by atoms with Crippen LogP contribution in [0, 0.1) is 6.92 Å². The summed E-state index contributed by atoms with van der Waals surface area (Å²) < 4.78 is 15.8. The highest BCUT2D eigenvalue weighted by molar-refractivity contribution is 5.86. The second-order valence-corrected chi connectivity index (χ2v) is 7.18. The maximum Gasteiger partial charge on any atom is 0.336 e. The maximum atomic E-state index is 12.5. The molecule has 1 N–H and O–H groups in total. The molecule has 0 aliphatic heterocycles. The molecule has 1 aromatic heterocycles. The molecular weight excluding hydrogens is 398 g/mol. The zero-order valence-electron chi connectivity index (χ0n) is 17.8. The van der Waals surface area contributed by atoms with E-state index in [1.54, 1.807) is 6.07 Å². The second-order valence-electron chi connectivity index (χ2n) is 7.18. The van der Waals surface area contributed by atoms with E-state index in [-0.39, 0.29) is 6.61 Å². The van der Waals surface area contributed by atoms with E-state index < -0.39 is 23.5 Å². The molecule has 0 aliphatic rings. The zero-order valence-corrected chi connectivity index (χ0v) is 17.8. The second kappa shape index (κ2) is 9.93. The van der Waals surface area contributed by atoms with Crippen molar-refractivity contribution in [3.63, 3.8) is 0 Å². The smallest absolute Gasteiger partial charge is 0.336 e. The van der Waals surface area contributed by atoms with E-state index in [2.05, 4.69) is 5.32 Å². The number of hydrogen-bond acceptors (Lipinski definition) is 6. The SMILES string of the molecule is CCc1cc2c(C)cc(=O)oc2cc1OCC(=O)NC(Cc1ccccc1)C(=O)OC. The third kappa shape index (κ3) is 5.51. The van der Waals surface area contributed by atoms with Gasteiger partial charge in [-0.25, -0.2) is 9.59 Å². The fourth-order valence-electron chi connectivity index (χ4n) is 3.37. The summed E-state index contributed by atoms with van der Waals surface area (Å²) in [4.78, 5) is 36.3. The number of ether oxygens (including phenoxy) is 2. The lowest BCUT2D eigenvalue weighted by atomic mass is 10.1. The number of esters is 1. The van der Waals surface area contributed by atoms with E-state index in [4.69, 9.17) is 13.9 Å². The molecule has 0 saturated carbocycles. The number of methoxy groups -OCH3 is 1. The largest absolute Gasteiger partial charge is 0.483 e. The molecule has 1 unspecified atom stereocenters. The standard InChI is InChI=1S/C24H25NO6/c1-4-17-12-18-15(2)10-23(27)31-21(18)13-20(17)30-14-22(26)25-19(24(28)29-3)11-16-8-6-5-7-9-16/h5-10,12-13,19H,4,11,14H2,1-3H3,(H,25,26). The van der Waals surface area contributed by atoms with E-state index in [0.717, 1.165) is 22.1 Å². The van der Waals surface area contributed by atoms with Crippen LogP contribution in [-0.4, -0.2) is 31.6 Å². The number of fused-ring (bicyclic) bond motifs is 1. The summed E-state index contributed by atoms with van der Waals surface area (Å²) in [6.07, 6.45) is 0.976. The van der Waals surface area contributed by atoms with Crippen molar-refractivity contribution in [1.82, 2.24) is 5.32 Å². The Balaban J connectivity index is 1.73. The van der Waals surface area contributed by atoms with Crippen LogP contribution in [0.2, 0.25) is 0 Å². The highest BCUT2D eigenvalue weighted by atomic mass is 16.5. The fraction of sp³-hybridized carbons (Fsp3) is 0.292. The Kier molecular flexibility index (Phi) is 7.07. The molecule has 0 radical (unpaired) electrons. The van der Waals surface area contributed by atoms with Crippen LogP contribution in [0.15, 0.2) is 57.7 Å². The minimum atomic E-state index is -0.827. The van der Waals surface area contributed by atoms with Gasteiger partial charge in [0.05, 0.1) is 7.11 Å². The van der Waals surface area contributed by atoms with Gasteiger partial charge in [0, 0.05) is 23.9 Å². The third-order valence-corrected chi connectivity index (χ3v) is 4.98. The quantitative estimate of drug-likeness (QED) is 0.442. The van der Waals surface area contributed by atoms with Gasteiger partial charge in [-0.05, 0) is 36.1 Å². The predicted molar refractivity (Wildman–Crippen MR) is 116 cm³/mol. The number of benzene rings is 2. The van der Waals surface area contributed by atoms with Crippen molar-refractivity contribution in [2.45, 2.75) is 32.7 Å². The molecule has 0 fully saturated rings. The van der Waals surface area contributed by atoms with Crippen molar-refractivity contribution in [1.29, 1.82) is 0 Å². The van der Waals surface area contributed by atoms with E-state index in [1.807, 2.05) is 50.2 Å². The Morgan fingerprint density at radius 1 is 1.13 bits per heavy atom. The molecule has 2 aromatic carbocycles. The minimum Gasteiger partial charge on any atom is -0.483 e. The minimum absolute atomic E-state index is 0.295. The Morgan fingerprint density at radius 3 is 2.55 bits per heavy atom. The summed E-state index contributed by atoms with van der Waals surface area (Å²) in [5.41, 5.74) is 2.54. The first-order valence-electron chi connectivity index (χ1n) is 10.0. The third-order valence-electron chi connectivity index (χ3n) is 4.98. The van der Waals surface area contributed by atoms with Crippen LogP contribution >= 0.6 is 0 Å². The monoisotopic (exact) mass is 423 g/mol. The first kappa shape index (κ1) is 22.1. The van der Waals surface area contributed by atoms with Gasteiger partial charge in [-0.3, -0.25) is 4.79 Å². The molecule has 1 atom stereocenters. The van der Waals surface area contributed by atoms with E-state index >= 15 is 0 Å². The van der Waals surface area contributed by atoms with Crippen molar-refractivity contribution in [2.75, 3.05) is 13.7 Å². The summed E-state index contributed by atoms with van der Waals surface area (Å²) in [5, 5.41) is 3.49. The molecule has 3 rings (SSSR count). The number of amides is 1. The van der Waals surface area contributed by atoms with Crippen molar-refractivity contribution >= 4 is 22.8 Å². The fourth-order valence-corrected chi connectivity index (χ4v) is 3.37. The Morgan fingerprint density at radius 2 is 1.87 bits per heavy atom. The van der Waals surface area contributed by atoms with Crippen LogP contribution in [0.1, 0.15) is 23.6 Å². The van der Waals surface area contributed by atoms with Crippen molar-refractivity contribution < 1.29 is 23.5 Å². The van der Waals surface area contributed by atoms with Gasteiger partial charge >= 0.3 is 11.6 Å². The van der Waals surface area contributed by atoms with Crippen LogP contribution in [0.5, 0.6) is 5.75 Å². The predicted octanol–water partition coefficient (Wildman–Crippen LogP) is 2.94. The summed E-state index contributed by atoms with van der Waals surface area (Å²) in [6.45, 7) is 3.51. The van der Waals surface area contributed by atoms with Gasteiger partial charge in [0.1, 0.15) is 17.4 Å². The number of aryl methyl sites for hydroxylation is 2.